The van der Waals surface area contributed by atoms with Gasteiger partial charge < -0.3 is 0 Å². The van der Waals surface area contributed by atoms with Crippen molar-refractivity contribution in [1.29, 1.82) is 0 Å². The molecule has 0 amide bonds. The molecule has 0 radical (unpaired) electrons. The van der Waals surface area contributed by atoms with E-state index in [1.165, 1.54) is 29.2 Å². The van der Waals surface area contributed by atoms with Crippen molar-refractivity contribution in [3.05, 3.63) is 44.8 Å². The zero-order valence-electron chi connectivity index (χ0n) is 7.67. The Morgan fingerprint density at radius 2 is 2.12 bits per heavy atom. The Morgan fingerprint density at radius 3 is 2.69 bits per heavy atom. The average molecular weight is 259 g/mol. The van der Waals surface area contributed by atoms with Gasteiger partial charge in [-0.25, -0.2) is 9.67 Å². The van der Waals surface area contributed by atoms with Crippen molar-refractivity contribution in [2.24, 2.45) is 0 Å². The minimum atomic E-state index is -0.561. The lowest BCUT2D eigenvalue weighted by molar-refractivity contribution is -0.384. The molecule has 2 aromatic rings. The van der Waals surface area contributed by atoms with Gasteiger partial charge >= 0.3 is 5.69 Å². The largest absolute Gasteiger partial charge is 0.313 e. The third-order valence-corrected chi connectivity index (χ3v) is 2.19. The van der Waals surface area contributed by atoms with Crippen LogP contribution in [0.5, 0.6) is 0 Å². The van der Waals surface area contributed by atoms with Gasteiger partial charge in [-0.2, -0.15) is 5.10 Å². The second-order valence-corrected chi connectivity index (χ2v) is 3.66. The Labute approximate surface area is 99.6 Å². The highest BCUT2D eigenvalue weighted by molar-refractivity contribution is 6.30. The fourth-order valence-corrected chi connectivity index (χ4v) is 1.42. The molecule has 0 bridgehead atoms. The summed E-state index contributed by atoms with van der Waals surface area (Å²) < 4.78 is 1.20. The summed E-state index contributed by atoms with van der Waals surface area (Å²) in [5.41, 5.74) is -0.191. The van der Waals surface area contributed by atoms with Crippen LogP contribution in [-0.2, 0) is 0 Å². The van der Waals surface area contributed by atoms with E-state index >= 15 is 0 Å². The highest BCUT2D eigenvalue weighted by Crippen LogP contribution is 2.23. The quantitative estimate of drug-likeness (QED) is 0.471. The monoisotopic (exact) mass is 258 g/mol. The van der Waals surface area contributed by atoms with Crippen molar-refractivity contribution in [2.45, 2.75) is 0 Å². The average Bonchev–Trinajstić information content (AvgIpc) is 2.64. The van der Waals surface area contributed by atoms with Crippen LogP contribution in [0.3, 0.4) is 0 Å². The second kappa shape index (κ2) is 4.07. The summed E-state index contributed by atoms with van der Waals surface area (Å²) in [4.78, 5) is 14.0. The number of pyridine rings is 1. The number of nitrogens with zero attached hydrogens (tertiary/aromatic N) is 4. The third-order valence-electron chi connectivity index (χ3n) is 1.79. The zero-order valence-corrected chi connectivity index (χ0v) is 9.18. The smallest absolute Gasteiger partial charge is 0.258 e. The summed E-state index contributed by atoms with van der Waals surface area (Å²) in [6, 6.07) is 2.61. The molecule has 6 nitrogen and oxygen atoms in total. The molecule has 0 aliphatic carbocycles. The molecular formula is C8H4Cl2N4O2. The highest BCUT2D eigenvalue weighted by Gasteiger charge is 2.18. The van der Waals surface area contributed by atoms with Crippen LogP contribution in [0.25, 0.3) is 5.82 Å². The topological polar surface area (TPSA) is 73.8 Å². The number of aromatic nitrogens is 3. The molecule has 0 unspecified atom stereocenters. The van der Waals surface area contributed by atoms with Crippen molar-refractivity contribution >= 4 is 28.9 Å². The first-order chi connectivity index (χ1) is 7.58. The fourth-order valence-electron chi connectivity index (χ4n) is 1.15. The number of nitro groups is 1. The number of hydrogen-bond acceptors (Lipinski definition) is 4. The SMILES string of the molecule is O=[N+]([O-])c1ccc(Cl)nc1-n1cc(Cl)cn1. The van der Waals surface area contributed by atoms with E-state index in [1.807, 2.05) is 0 Å². The molecule has 0 aromatic carbocycles. The van der Waals surface area contributed by atoms with Crippen LogP contribution in [0.15, 0.2) is 24.5 Å². The van der Waals surface area contributed by atoms with E-state index in [4.69, 9.17) is 23.2 Å². The van der Waals surface area contributed by atoms with Gasteiger partial charge in [0.05, 0.1) is 22.3 Å². The maximum atomic E-state index is 10.8. The molecule has 8 heteroatoms. The van der Waals surface area contributed by atoms with E-state index in [-0.39, 0.29) is 16.7 Å². The van der Waals surface area contributed by atoms with Crippen LogP contribution < -0.4 is 0 Å². The van der Waals surface area contributed by atoms with Gasteiger partial charge in [0.2, 0.25) is 5.82 Å². The normalized spacial score (nSPS) is 10.4. The predicted octanol–water partition coefficient (Wildman–Crippen LogP) is 2.48. The highest BCUT2D eigenvalue weighted by atomic mass is 35.5. The lowest BCUT2D eigenvalue weighted by atomic mass is 10.4. The van der Waals surface area contributed by atoms with Gasteiger partial charge in [-0.05, 0) is 6.07 Å². The maximum Gasteiger partial charge on any atom is 0.313 e. The summed E-state index contributed by atoms with van der Waals surface area (Å²) in [7, 11) is 0. The van der Waals surface area contributed by atoms with Crippen LogP contribution >= 0.6 is 23.2 Å². The van der Waals surface area contributed by atoms with Crippen molar-refractivity contribution in [2.75, 3.05) is 0 Å². The van der Waals surface area contributed by atoms with Gasteiger partial charge in [-0.1, -0.05) is 23.2 Å². The number of hydrogen-bond donors (Lipinski definition) is 0. The first-order valence-corrected chi connectivity index (χ1v) is 4.85. The van der Waals surface area contributed by atoms with E-state index in [1.54, 1.807) is 0 Å². The van der Waals surface area contributed by atoms with Crippen LogP contribution in [-0.4, -0.2) is 19.7 Å². The minimum Gasteiger partial charge on any atom is -0.258 e. The molecule has 2 rings (SSSR count). The third kappa shape index (κ3) is 1.98. The molecule has 2 aromatic heterocycles. The molecule has 0 saturated heterocycles. The van der Waals surface area contributed by atoms with E-state index < -0.39 is 4.92 Å². The summed E-state index contributed by atoms with van der Waals surface area (Å²) >= 11 is 11.3. The Bertz CT molecular complexity index is 555. The second-order valence-electron chi connectivity index (χ2n) is 2.84. The van der Waals surface area contributed by atoms with Gasteiger partial charge in [0.25, 0.3) is 0 Å². The molecule has 16 heavy (non-hydrogen) atoms. The molecule has 0 N–H and O–H groups in total. The minimum absolute atomic E-state index is 0.0319. The molecular weight excluding hydrogens is 255 g/mol. The van der Waals surface area contributed by atoms with E-state index in [0.29, 0.717) is 5.02 Å². The Hall–Kier alpha value is -1.66. The van der Waals surface area contributed by atoms with Gasteiger partial charge in [0, 0.05) is 6.07 Å². The molecule has 82 valence electrons. The maximum absolute atomic E-state index is 10.8. The Morgan fingerprint density at radius 1 is 1.38 bits per heavy atom. The van der Waals surface area contributed by atoms with E-state index in [0.717, 1.165) is 0 Å². The number of rotatable bonds is 2. The molecule has 0 fully saturated rings. The lowest BCUT2D eigenvalue weighted by Crippen LogP contribution is -2.03. The standard InChI is InChI=1S/C8H4Cl2N4O2/c9-5-3-11-13(4-5)8-6(14(15)16)1-2-7(10)12-8/h1-4H. The summed E-state index contributed by atoms with van der Waals surface area (Å²) in [6.07, 6.45) is 2.76. The van der Waals surface area contributed by atoms with Crippen molar-refractivity contribution in [3.63, 3.8) is 0 Å². The predicted molar refractivity (Wildman–Crippen MR) is 58.0 cm³/mol. The van der Waals surface area contributed by atoms with Crippen LogP contribution in [0.1, 0.15) is 0 Å². The molecule has 0 aliphatic rings. The molecule has 0 spiro atoms. The van der Waals surface area contributed by atoms with Gasteiger partial charge in [0.15, 0.2) is 0 Å². The Balaban J connectivity index is 2.62. The van der Waals surface area contributed by atoms with Crippen LogP contribution in [0.2, 0.25) is 10.2 Å². The van der Waals surface area contributed by atoms with Crippen molar-refractivity contribution < 1.29 is 4.92 Å². The molecule has 0 atom stereocenters. The Kier molecular flexibility index (Phi) is 2.76. The van der Waals surface area contributed by atoms with Gasteiger partial charge in [-0.15, -0.1) is 0 Å². The van der Waals surface area contributed by atoms with Crippen LogP contribution in [0, 0.1) is 10.1 Å². The zero-order chi connectivity index (χ0) is 11.7. The first-order valence-electron chi connectivity index (χ1n) is 4.09. The van der Waals surface area contributed by atoms with Crippen molar-refractivity contribution in [3.8, 4) is 5.82 Å². The molecule has 0 aliphatic heterocycles. The summed E-state index contributed by atoms with van der Waals surface area (Å²) in [5.74, 6) is 0.0319. The van der Waals surface area contributed by atoms with Crippen LogP contribution in [0.4, 0.5) is 5.69 Å². The molecule has 2 heterocycles. The summed E-state index contributed by atoms with van der Waals surface area (Å²) in [6.45, 7) is 0. The van der Waals surface area contributed by atoms with Gasteiger partial charge in [-0.3, -0.25) is 10.1 Å². The lowest BCUT2D eigenvalue weighted by Gasteiger charge is -2.01. The molecule has 0 saturated carbocycles. The van der Waals surface area contributed by atoms with E-state index in [9.17, 15) is 10.1 Å². The van der Waals surface area contributed by atoms with Gasteiger partial charge in [0.1, 0.15) is 5.15 Å². The fraction of sp³-hybridized carbons (Fsp3) is 0. The first kappa shape index (κ1) is 10.8. The number of halogens is 2. The van der Waals surface area contributed by atoms with Crippen molar-refractivity contribution in [1.82, 2.24) is 14.8 Å². The van der Waals surface area contributed by atoms with E-state index in [2.05, 4.69) is 10.1 Å². The summed E-state index contributed by atoms with van der Waals surface area (Å²) in [5, 5.41) is 15.1.